The number of nitrogens with one attached hydrogen (secondary N) is 1. The minimum atomic E-state index is -0.317. The van der Waals surface area contributed by atoms with Gasteiger partial charge in [-0.05, 0) is 31.5 Å². The van der Waals surface area contributed by atoms with E-state index in [2.05, 4.69) is 24.4 Å². The van der Waals surface area contributed by atoms with Crippen molar-refractivity contribution < 1.29 is 4.92 Å². The molecule has 20 heavy (non-hydrogen) atoms. The van der Waals surface area contributed by atoms with E-state index >= 15 is 0 Å². The van der Waals surface area contributed by atoms with Crippen molar-refractivity contribution in [2.75, 3.05) is 6.54 Å². The highest BCUT2D eigenvalue weighted by molar-refractivity contribution is 7.11. The summed E-state index contributed by atoms with van der Waals surface area (Å²) >= 11 is 1.82. The first-order valence-electron chi connectivity index (χ1n) is 6.71. The number of nitro groups is 1. The van der Waals surface area contributed by atoms with Crippen LogP contribution in [0.3, 0.4) is 0 Å². The molecule has 1 heterocycles. The van der Waals surface area contributed by atoms with Crippen molar-refractivity contribution in [1.29, 1.82) is 0 Å². The summed E-state index contributed by atoms with van der Waals surface area (Å²) in [5.74, 6) is 0. The average Bonchev–Trinajstić information content (AvgIpc) is 2.92. The van der Waals surface area contributed by atoms with Crippen LogP contribution in [0.5, 0.6) is 0 Å². The van der Waals surface area contributed by atoms with E-state index in [-0.39, 0.29) is 10.6 Å². The molecule has 4 nitrogen and oxygen atoms in total. The second kappa shape index (κ2) is 7.17. The molecule has 1 N–H and O–H groups in total. The predicted molar refractivity (Wildman–Crippen MR) is 82.2 cm³/mol. The smallest absolute Gasteiger partial charge is 0.272 e. The molecule has 5 heteroatoms. The fraction of sp³-hybridized carbons (Fsp3) is 0.333. The summed E-state index contributed by atoms with van der Waals surface area (Å²) in [7, 11) is 0. The Labute approximate surface area is 122 Å². The van der Waals surface area contributed by atoms with Gasteiger partial charge in [0.25, 0.3) is 5.69 Å². The number of hydrogen-bond donors (Lipinski definition) is 1. The van der Waals surface area contributed by atoms with Crippen LogP contribution in [0.15, 0.2) is 36.4 Å². The lowest BCUT2D eigenvalue weighted by Crippen LogP contribution is -2.16. The molecule has 106 valence electrons. The zero-order valence-electron chi connectivity index (χ0n) is 11.5. The van der Waals surface area contributed by atoms with Gasteiger partial charge in [0.2, 0.25) is 0 Å². The van der Waals surface area contributed by atoms with Crippen molar-refractivity contribution in [3.8, 4) is 0 Å². The highest BCUT2D eigenvalue weighted by Gasteiger charge is 2.11. The standard InChI is InChI=1S/C15H18N2O2S/c1-2-13-7-8-14(20-13)11-16-10-9-12-5-3-4-6-15(12)17(18)19/h3-8,16H,2,9-11H2,1H3. The summed E-state index contributed by atoms with van der Waals surface area (Å²) in [5.41, 5.74) is 0.990. The molecule has 0 atom stereocenters. The maximum absolute atomic E-state index is 10.9. The van der Waals surface area contributed by atoms with Crippen LogP contribution < -0.4 is 5.32 Å². The number of thiophene rings is 1. The van der Waals surface area contributed by atoms with Crippen molar-refractivity contribution in [3.63, 3.8) is 0 Å². The van der Waals surface area contributed by atoms with Crippen LogP contribution in [0.4, 0.5) is 5.69 Å². The number of para-hydroxylation sites is 1. The number of benzene rings is 1. The summed E-state index contributed by atoms with van der Waals surface area (Å²) in [4.78, 5) is 13.3. The van der Waals surface area contributed by atoms with E-state index in [0.717, 1.165) is 25.1 Å². The summed E-state index contributed by atoms with van der Waals surface area (Å²) in [6.07, 6.45) is 1.74. The number of nitro benzene ring substituents is 1. The van der Waals surface area contributed by atoms with E-state index in [9.17, 15) is 10.1 Å². The van der Waals surface area contributed by atoms with Gasteiger partial charge in [0.05, 0.1) is 4.92 Å². The summed E-state index contributed by atoms with van der Waals surface area (Å²) in [6.45, 7) is 3.72. The predicted octanol–water partition coefficient (Wildman–Crippen LogP) is 3.55. The second-order valence-electron chi connectivity index (χ2n) is 4.53. The van der Waals surface area contributed by atoms with Gasteiger partial charge in [0, 0.05) is 27.9 Å². The fourth-order valence-electron chi connectivity index (χ4n) is 2.04. The summed E-state index contributed by atoms with van der Waals surface area (Å²) in [5, 5.41) is 14.2. The van der Waals surface area contributed by atoms with Gasteiger partial charge in [-0.3, -0.25) is 10.1 Å². The molecule has 2 rings (SSSR count). The zero-order chi connectivity index (χ0) is 14.4. The molecule has 2 aromatic rings. The molecule has 0 amide bonds. The Morgan fingerprint density at radius 2 is 1.95 bits per heavy atom. The molecule has 0 radical (unpaired) electrons. The van der Waals surface area contributed by atoms with Crippen LogP contribution in [0.2, 0.25) is 0 Å². The fourth-order valence-corrected chi connectivity index (χ4v) is 2.97. The van der Waals surface area contributed by atoms with Gasteiger partial charge >= 0.3 is 0 Å². The highest BCUT2D eigenvalue weighted by Crippen LogP contribution is 2.18. The molecule has 0 saturated carbocycles. The van der Waals surface area contributed by atoms with Gasteiger partial charge in [-0.1, -0.05) is 25.1 Å². The first-order valence-corrected chi connectivity index (χ1v) is 7.53. The SMILES string of the molecule is CCc1ccc(CNCCc2ccccc2[N+](=O)[O-])s1. The monoisotopic (exact) mass is 290 g/mol. The molecule has 1 aromatic carbocycles. The van der Waals surface area contributed by atoms with Gasteiger partial charge in [-0.25, -0.2) is 0 Å². The lowest BCUT2D eigenvalue weighted by Gasteiger charge is -2.04. The van der Waals surface area contributed by atoms with Gasteiger partial charge in [0.15, 0.2) is 0 Å². The van der Waals surface area contributed by atoms with E-state index in [0.29, 0.717) is 6.42 Å². The largest absolute Gasteiger partial charge is 0.312 e. The van der Waals surface area contributed by atoms with Crippen molar-refractivity contribution in [3.05, 3.63) is 61.8 Å². The van der Waals surface area contributed by atoms with Gasteiger partial charge in [0.1, 0.15) is 0 Å². The van der Waals surface area contributed by atoms with Gasteiger partial charge in [-0.15, -0.1) is 11.3 Å². The molecule has 0 bridgehead atoms. The van der Waals surface area contributed by atoms with E-state index in [4.69, 9.17) is 0 Å². The maximum Gasteiger partial charge on any atom is 0.272 e. The van der Waals surface area contributed by atoms with E-state index in [1.165, 1.54) is 9.75 Å². The second-order valence-corrected chi connectivity index (χ2v) is 5.79. The average molecular weight is 290 g/mol. The molecule has 1 aromatic heterocycles. The van der Waals surface area contributed by atoms with Crippen LogP contribution in [0.25, 0.3) is 0 Å². The molecule has 0 aliphatic heterocycles. The molecule has 0 fully saturated rings. The Bertz CT molecular complexity index is 581. The van der Waals surface area contributed by atoms with Crippen molar-refractivity contribution in [2.45, 2.75) is 26.3 Å². The molecular formula is C15H18N2O2S. The normalized spacial score (nSPS) is 10.7. The third-order valence-corrected chi connectivity index (χ3v) is 4.35. The van der Waals surface area contributed by atoms with E-state index in [1.807, 2.05) is 23.5 Å². The lowest BCUT2D eigenvalue weighted by atomic mass is 10.1. The van der Waals surface area contributed by atoms with Crippen LogP contribution in [-0.2, 0) is 19.4 Å². The van der Waals surface area contributed by atoms with Crippen molar-refractivity contribution in [1.82, 2.24) is 5.32 Å². The van der Waals surface area contributed by atoms with Crippen LogP contribution in [-0.4, -0.2) is 11.5 Å². The highest BCUT2D eigenvalue weighted by atomic mass is 32.1. The molecule has 0 aliphatic rings. The quantitative estimate of drug-likeness (QED) is 0.482. The van der Waals surface area contributed by atoms with Gasteiger partial charge < -0.3 is 5.32 Å². The number of aryl methyl sites for hydroxylation is 1. The molecule has 0 aliphatic carbocycles. The number of hydrogen-bond acceptors (Lipinski definition) is 4. The van der Waals surface area contributed by atoms with Crippen LogP contribution in [0, 0.1) is 10.1 Å². The Balaban J connectivity index is 1.83. The minimum absolute atomic E-state index is 0.207. The topological polar surface area (TPSA) is 55.2 Å². The van der Waals surface area contributed by atoms with Crippen molar-refractivity contribution >= 4 is 17.0 Å². The zero-order valence-corrected chi connectivity index (χ0v) is 12.3. The first kappa shape index (κ1) is 14.7. The summed E-state index contributed by atoms with van der Waals surface area (Å²) < 4.78 is 0. The van der Waals surface area contributed by atoms with Gasteiger partial charge in [-0.2, -0.15) is 0 Å². The van der Waals surface area contributed by atoms with E-state index < -0.39 is 0 Å². The molecule has 0 unspecified atom stereocenters. The Hall–Kier alpha value is -1.72. The van der Waals surface area contributed by atoms with E-state index in [1.54, 1.807) is 12.1 Å². The molecular weight excluding hydrogens is 272 g/mol. The molecule has 0 spiro atoms. The Morgan fingerprint density at radius 3 is 2.65 bits per heavy atom. The lowest BCUT2D eigenvalue weighted by molar-refractivity contribution is -0.385. The van der Waals surface area contributed by atoms with Crippen molar-refractivity contribution in [2.24, 2.45) is 0 Å². The number of rotatable bonds is 7. The minimum Gasteiger partial charge on any atom is -0.312 e. The Morgan fingerprint density at radius 1 is 1.20 bits per heavy atom. The number of nitrogens with zero attached hydrogens (tertiary/aromatic N) is 1. The van der Waals surface area contributed by atoms with Crippen LogP contribution >= 0.6 is 11.3 Å². The van der Waals surface area contributed by atoms with Crippen LogP contribution in [0.1, 0.15) is 22.2 Å². The maximum atomic E-state index is 10.9. The third kappa shape index (κ3) is 3.88. The first-order chi connectivity index (χ1) is 9.70. The third-order valence-electron chi connectivity index (χ3n) is 3.12. The summed E-state index contributed by atoms with van der Waals surface area (Å²) in [6, 6.07) is 11.2. The Kier molecular flexibility index (Phi) is 5.26. The molecule has 0 saturated heterocycles.